The summed E-state index contributed by atoms with van der Waals surface area (Å²) in [5.74, 6) is -0.729. The number of carbonyl (C=O) groups excluding carboxylic acids is 1. The van der Waals surface area contributed by atoms with Crippen LogP contribution < -0.4 is 10.5 Å². The maximum absolute atomic E-state index is 12.9. The number of nitrogens with zero attached hydrogens (tertiary/aromatic N) is 2. The Hall–Kier alpha value is -2.69. The second-order valence-corrected chi connectivity index (χ2v) is 8.55. The van der Waals surface area contributed by atoms with E-state index in [1.807, 2.05) is 29.2 Å². The molecule has 2 fully saturated rings. The normalized spacial score (nSPS) is 18.1. The highest BCUT2D eigenvalue weighted by molar-refractivity contribution is 5.79. The number of rotatable bonds is 7. The van der Waals surface area contributed by atoms with Gasteiger partial charge in [0.25, 0.3) is 11.9 Å². The number of nitrogens with two attached hydrogens (primary N) is 1. The van der Waals surface area contributed by atoms with Crippen LogP contribution in [0.2, 0.25) is 0 Å². The van der Waals surface area contributed by atoms with Gasteiger partial charge in [0.2, 0.25) is 5.91 Å². The number of piperidine rings is 1. The molecule has 0 bridgehead atoms. The van der Waals surface area contributed by atoms with Gasteiger partial charge >= 0.3 is 0 Å². The van der Waals surface area contributed by atoms with Gasteiger partial charge in [0.15, 0.2) is 0 Å². The number of likely N-dealkylation sites (tertiary alicyclic amines) is 1. The first-order chi connectivity index (χ1) is 16.7. The summed E-state index contributed by atoms with van der Waals surface area (Å²) in [4.78, 5) is 35.3. The van der Waals surface area contributed by atoms with E-state index in [-0.39, 0.29) is 12.0 Å². The van der Waals surface area contributed by atoms with Gasteiger partial charge in [0.05, 0.1) is 12.5 Å². The van der Waals surface area contributed by atoms with Crippen molar-refractivity contribution < 1.29 is 34.1 Å². The van der Waals surface area contributed by atoms with Gasteiger partial charge in [0.1, 0.15) is 12.4 Å². The minimum absolute atomic E-state index is 0.119. The standard InChI is InChI=1S/C21H33N3O3.2C2H4O2/c22-8-13-27-19-7-4-6-18(14-19)15-21(25)24-11-5-12-26-20(17-24)16-23-9-2-1-3-10-23;2*1-2(3)4/h4,6-7,14,20H,1-3,5,8-13,15-17,22H2;2*1H3,(H,3,4). The summed E-state index contributed by atoms with van der Waals surface area (Å²) in [6, 6.07) is 7.75. The summed E-state index contributed by atoms with van der Waals surface area (Å²) in [6.45, 7) is 8.59. The molecule has 0 radical (unpaired) electrons. The van der Waals surface area contributed by atoms with Crippen molar-refractivity contribution in [3.05, 3.63) is 29.8 Å². The van der Waals surface area contributed by atoms with Gasteiger partial charge in [-0.3, -0.25) is 14.4 Å². The lowest BCUT2D eigenvalue weighted by Crippen LogP contribution is -2.44. The quantitative estimate of drug-likeness (QED) is 0.516. The Labute approximate surface area is 208 Å². The topological polar surface area (TPSA) is 143 Å². The highest BCUT2D eigenvalue weighted by Crippen LogP contribution is 2.17. The lowest BCUT2D eigenvalue weighted by molar-refractivity contribution is -0.135. The molecular formula is C25H41N3O7. The van der Waals surface area contributed by atoms with Crippen LogP contribution in [0.4, 0.5) is 0 Å². The number of carboxylic acids is 2. The van der Waals surface area contributed by atoms with Gasteiger partial charge in [0, 0.05) is 46.6 Å². The van der Waals surface area contributed by atoms with E-state index < -0.39 is 11.9 Å². The minimum atomic E-state index is -0.833. The number of carboxylic acid groups (broad SMARTS) is 2. The molecule has 0 aliphatic carbocycles. The number of carbonyl (C=O) groups is 3. The molecule has 1 unspecified atom stereocenters. The van der Waals surface area contributed by atoms with E-state index >= 15 is 0 Å². The molecule has 1 amide bonds. The third-order valence-corrected chi connectivity index (χ3v) is 5.25. The van der Waals surface area contributed by atoms with Crippen molar-refractivity contribution in [1.29, 1.82) is 0 Å². The average Bonchev–Trinajstić information content (AvgIpc) is 3.04. The zero-order valence-electron chi connectivity index (χ0n) is 21.0. The Balaban J connectivity index is 0.000000668. The fraction of sp³-hybridized carbons (Fsp3) is 0.640. The molecule has 1 atom stereocenters. The van der Waals surface area contributed by atoms with E-state index in [2.05, 4.69) is 4.90 Å². The Morgan fingerprint density at radius 3 is 2.34 bits per heavy atom. The van der Waals surface area contributed by atoms with Crippen LogP contribution in [-0.4, -0.2) is 96.4 Å². The number of hydrogen-bond donors (Lipinski definition) is 3. The number of benzene rings is 1. The van der Waals surface area contributed by atoms with Gasteiger partial charge in [-0.1, -0.05) is 18.6 Å². The molecule has 198 valence electrons. The third-order valence-electron chi connectivity index (χ3n) is 5.25. The van der Waals surface area contributed by atoms with E-state index in [9.17, 15) is 4.79 Å². The van der Waals surface area contributed by atoms with Gasteiger partial charge in [-0.25, -0.2) is 0 Å². The number of hydrogen-bond acceptors (Lipinski definition) is 7. The van der Waals surface area contributed by atoms with Crippen LogP contribution in [0.25, 0.3) is 0 Å². The van der Waals surface area contributed by atoms with Crippen LogP contribution in [-0.2, 0) is 25.5 Å². The molecule has 2 aliphatic heterocycles. The van der Waals surface area contributed by atoms with Crippen molar-refractivity contribution in [1.82, 2.24) is 9.80 Å². The van der Waals surface area contributed by atoms with E-state index in [0.717, 1.165) is 64.4 Å². The molecule has 35 heavy (non-hydrogen) atoms. The van der Waals surface area contributed by atoms with Crippen molar-refractivity contribution in [2.24, 2.45) is 5.73 Å². The van der Waals surface area contributed by atoms with E-state index in [1.165, 1.54) is 19.3 Å². The van der Waals surface area contributed by atoms with E-state index in [1.54, 1.807) is 0 Å². The smallest absolute Gasteiger partial charge is 0.300 e. The fourth-order valence-electron chi connectivity index (χ4n) is 3.87. The molecule has 0 saturated carbocycles. The van der Waals surface area contributed by atoms with Crippen molar-refractivity contribution in [2.45, 2.75) is 52.1 Å². The lowest BCUT2D eigenvalue weighted by atomic mass is 10.1. The number of aliphatic carboxylic acids is 2. The minimum Gasteiger partial charge on any atom is -0.492 e. The molecule has 1 aromatic rings. The van der Waals surface area contributed by atoms with Crippen LogP contribution >= 0.6 is 0 Å². The molecule has 10 nitrogen and oxygen atoms in total. The van der Waals surface area contributed by atoms with Gasteiger partial charge < -0.3 is 35.2 Å². The first-order valence-corrected chi connectivity index (χ1v) is 12.1. The van der Waals surface area contributed by atoms with Gasteiger partial charge in [-0.2, -0.15) is 0 Å². The van der Waals surface area contributed by atoms with Crippen LogP contribution in [0.15, 0.2) is 24.3 Å². The zero-order valence-corrected chi connectivity index (χ0v) is 21.0. The van der Waals surface area contributed by atoms with Crippen molar-refractivity contribution >= 4 is 17.8 Å². The Bertz CT molecular complexity index is 749. The molecule has 2 saturated heterocycles. The number of amides is 1. The molecule has 2 heterocycles. The van der Waals surface area contributed by atoms with Crippen molar-refractivity contribution in [2.75, 3.05) is 52.5 Å². The first kappa shape index (κ1) is 30.3. The fourth-order valence-corrected chi connectivity index (χ4v) is 3.87. The largest absolute Gasteiger partial charge is 0.492 e. The summed E-state index contributed by atoms with van der Waals surface area (Å²) in [7, 11) is 0. The van der Waals surface area contributed by atoms with Crippen molar-refractivity contribution in [3.8, 4) is 5.75 Å². The van der Waals surface area contributed by atoms with E-state index in [0.29, 0.717) is 26.1 Å². The second-order valence-electron chi connectivity index (χ2n) is 8.55. The summed E-state index contributed by atoms with van der Waals surface area (Å²) in [5, 5.41) is 14.8. The lowest BCUT2D eigenvalue weighted by Gasteiger charge is -2.31. The maximum atomic E-state index is 12.9. The summed E-state index contributed by atoms with van der Waals surface area (Å²) < 4.78 is 11.6. The molecule has 4 N–H and O–H groups in total. The Morgan fingerprint density at radius 1 is 1.06 bits per heavy atom. The molecular weight excluding hydrogens is 454 g/mol. The SMILES string of the molecule is CC(=O)O.CC(=O)O.NCCOc1cccc(CC(=O)N2CCCOC(CN3CCCCC3)C2)c1. The van der Waals surface area contributed by atoms with Crippen LogP contribution in [0.3, 0.4) is 0 Å². The average molecular weight is 496 g/mol. The predicted molar refractivity (Wildman–Crippen MR) is 133 cm³/mol. The Morgan fingerprint density at radius 2 is 1.71 bits per heavy atom. The van der Waals surface area contributed by atoms with Gasteiger partial charge in [-0.15, -0.1) is 0 Å². The predicted octanol–water partition coefficient (Wildman–Crippen LogP) is 1.85. The molecule has 10 heteroatoms. The third kappa shape index (κ3) is 15.0. The second kappa shape index (κ2) is 17.7. The molecule has 2 aliphatic rings. The number of ether oxygens (including phenoxy) is 2. The highest BCUT2D eigenvalue weighted by Gasteiger charge is 2.25. The summed E-state index contributed by atoms with van der Waals surface area (Å²) >= 11 is 0. The summed E-state index contributed by atoms with van der Waals surface area (Å²) in [5.41, 5.74) is 6.47. The van der Waals surface area contributed by atoms with Crippen LogP contribution in [0.5, 0.6) is 5.75 Å². The monoisotopic (exact) mass is 495 g/mol. The molecule has 3 rings (SSSR count). The Kier molecular flexibility index (Phi) is 15.3. The molecule has 0 spiro atoms. The van der Waals surface area contributed by atoms with Crippen LogP contribution in [0.1, 0.15) is 45.1 Å². The van der Waals surface area contributed by atoms with Gasteiger partial charge in [-0.05, 0) is 50.0 Å². The highest BCUT2D eigenvalue weighted by atomic mass is 16.5. The summed E-state index contributed by atoms with van der Waals surface area (Å²) in [6.07, 6.45) is 5.31. The first-order valence-electron chi connectivity index (χ1n) is 12.1. The zero-order chi connectivity index (χ0) is 26.1. The maximum Gasteiger partial charge on any atom is 0.300 e. The van der Waals surface area contributed by atoms with Crippen LogP contribution in [0, 0.1) is 0 Å². The molecule has 0 aromatic heterocycles. The van der Waals surface area contributed by atoms with Crippen molar-refractivity contribution in [3.63, 3.8) is 0 Å². The van der Waals surface area contributed by atoms with E-state index in [4.69, 9.17) is 35.0 Å². The molecule has 1 aromatic carbocycles.